The summed E-state index contributed by atoms with van der Waals surface area (Å²) in [7, 11) is 6.39. The molecular formula is C52H66BBr2F2IN6O8. The highest BCUT2D eigenvalue weighted by Crippen LogP contribution is 2.37. The van der Waals surface area contributed by atoms with Crippen molar-refractivity contribution in [3.05, 3.63) is 97.1 Å². The van der Waals surface area contributed by atoms with E-state index in [0.717, 1.165) is 29.1 Å². The summed E-state index contributed by atoms with van der Waals surface area (Å²) >= 11 is 9.13. The maximum atomic E-state index is 14.8. The van der Waals surface area contributed by atoms with Crippen LogP contribution >= 0.6 is 54.5 Å². The Hall–Kier alpha value is -4.51. The Morgan fingerprint density at radius 2 is 1.12 bits per heavy atom. The molecule has 3 heterocycles. The molecule has 0 N–H and O–H groups in total. The lowest BCUT2D eigenvalue weighted by Crippen LogP contribution is -2.41. The molecule has 1 aliphatic rings. The first-order chi connectivity index (χ1) is 33.4. The number of carbonyl (C=O) groups is 2. The minimum atomic E-state index is -0.753. The number of rotatable bonds is 12. The van der Waals surface area contributed by atoms with Crippen LogP contribution < -0.4 is 14.9 Å². The topological polar surface area (TPSA) is 132 Å². The van der Waals surface area contributed by atoms with E-state index >= 15 is 0 Å². The zero-order chi connectivity index (χ0) is 53.5. The second kappa shape index (κ2) is 24.2. The largest absolute Gasteiger partial charge is 0.497 e. The quantitative estimate of drug-likeness (QED) is 0.0663. The number of amides is 2. The molecule has 0 spiro atoms. The van der Waals surface area contributed by atoms with E-state index in [1.165, 1.54) is 27.3 Å². The van der Waals surface area contributed by atoms with Crippen molar-refractivity contribution in [1.82, 2.24) is 29.4 Å². The zero-order valence-electron chi connectivity index (χ0n) is 43.6. The standard InChI is InChI=1S/C23H27BrFN3O3.C21H33BFNO5.C8H6BrIN2/c1-23(2,3)31-22(29)27(4)11-6-12-30-16-8-10-17(19(25)14-16)21-18-9-7-15(24)13-20(18)28(5)26-21;1-19(2,3)27-18(25)24(8)12-9-13-26-15-10-11-16(17(23)14-15)22-28-20(4,5)21(6,7)29-22;1-12-7-4-5(9)2-3-6(7)8(10)11-12/h7-10,13-14H,6,11-12H2,1-5H3;10-11,14H,9,12-13H2,1-8H3;2-4H,1H3. The molecule has 0 bridgehead atoms. The van der Waals surface area contributed by atoms with Crippen LogP contribution in [0.3, 0.4) is 0 Å². The van der Waals surface area contributed by atoms with Gasteiger partial charge in [0, 0.05) is 84.2 Å². The molecule has 0 saturated carbocycles. The third-order valence-corrected chi connectivity index (χ3v) is 13.3. The lowest BCUT2D eigenvalue weighted by molar-refractivity contribution is 0.00578. The monoisotopic (exact) mass is 1240 g/mol. The van der Waals surface area contributed by atoms with Gasteiger partial charge < -0.3 is 38.1 Å². The number of hydrogen-bond donors (Lipinski definition) is 0. The highest BCUT2D eigenvalue weighted by molar-refractivity contribution is 14.1. The summed E-state index contributed by atoms with van der Waals surface area (Å²) in [6.07, 6.45) is 0.433. The van der Waals surface area contributed by atoms with Gasteiger partial charge in [-0.15, -0.1) is 0 Å². The Bertz CT molecular complexity index is 2830. The number of benzene rings is 4. The fourth-order valence-corrected chi connectivity index (χ4v) is 8.48. The zero-order valence-corrected chi connectivity index (χ0v) is 48.9. The van der Waals surface area contributed by atoms with Crippen LogP contribution in [0.5, 0.6) is 11.5 Å². The number of carbonyl (C=O) groups excluding carboxylic acids is 2. The van der Waals surface area contributed by atoms with Gasteiger partial charge in [-0.1, -0.05) is 37.9 Å². The third-order valence-electron chi connectivity index (χ3n) is 11.5. The van der Waals surface area contributed by atoms with Crippen molar-refractivity contribution in [2.45, 2.75) is 104 Å². The molecule has 4 aromatic carbocycles. The molecule has 20 heteroatoms. The Morgan fingerprint density at radius 3 is 1.60 bits per heavy atom. The van der Waals surface area contributed by atoms with Gasteiger partial charge >= 0.3 is 19.3 Å². The molecule has 0 aliphatic carbocycles. The minimum Gasteiger partial charge on any atom is -0.493 e. The van der Waals surface area contributed by atoms with Crippen LogP contribution in [0.2, 0.25) is 0 Å². The summed E-state index contributed by atoms with van der Waals surface area (Å²) < 4.78 is 69.8. The number of hydrogen-bond acceptors (Lipinski definition) is 10. The summed E-state index contributed by atoms with van der Waals surface area (Å²) in [5, 5.41) is 10.9. The average molecular weight is 1240 g/mol. The molecule has 1 fully saturated rings. The van der Waals surface area contributed by atoms with Gasteiger partial charge in [0.25, 0.3) is 0 Å². The van der Waals surface area contributed by atoms with Crippen LogP contribution in [0.4, 0.5) is 18.4 Å². The van der Waals surface area contributed by atoms with Gasteiger partial charge in [-0.3, -0.25) is 9.36 Å². The lowest BCUT2D eigenvalue weighted by Gasteiger charge is -2.32. The van der Waals surface area contributed by atoms with Gasteiger partial charge in [0.05, 0.1) is 35.4 Å². The maximum Gasteiger partial charge on any atom is 0.497 e. The van der Waals surface area contributed by atoms with Crippen molar-refractivity contribution < 1.29 is 46.6 Å². The fourth-order valence-electron chi connectivity index (χ4n) is 7.00. The molecule has 1 aliphatic heterocycles. The Kier molecular flexibility index (Phi) is 19.6. The first-order valence-electron chi connectivity index (χ1n) is 23.4. The Morgan fingerprint density at radius 1 is 0.681 bits per heavy atom. The van der Waals surface area contributed by atoms with Gasteiger partial charge in [-0.05, 0) is 159 Å². The van der Waals surface area contributed by atoms with E-state index in [0.29, 0.717) is 67.4 Å². The lowest BCUT2D eigenvalue weighted by atomic mass is 9.78. The number of nitrogens with zero attached hydrogens (tertiary/aromatic N) is 6. The highest BCUT2D eigenvalue weighted by atomic mass is 127. The predicted octanol–water partition coefficient (Wildman–Crippen LogP) is 12.5. The van der Waals surface area contributed by atoms with Gasteiger partial charge in [0.2, 0.25) is 0 Å². The smallest absolute Gasteiger partial charge is 0.493 e. The maximum absolute atomic E-state index is 14.8. The second-order valence-corrected chi connectivity index (χ2v) is 23.2. The molecule has 2 aromatic heterocycles. The van der Waals surface area contributed by atoms with E-state index in [-0.39, 0.29) is 12.2 Å². The summed E-state index contributed by atoms with van der Waals surface area (Å²) in [5.41, 5.74) is 1.32. The van der Waals surface area contributed by atoms with Crippen LogP contribution in [0.25, 0.3) is 33.1 Å². The number of fused-ring (bicyclic) bond motifs is 2. The molecule has 0 unspecified atom stereocenters. The van der Waals surface area contributed by atoms with Crippen molar-refractivity contribution in [2.75, 3.05) is 40.4 Å². The van der Waals surface area contributed by atoms with Gasteiger partial charge in [-0.25, -0.2) is 18.4 Å². The molecule has 6 aromatic rings. The molecule has 2 amide bonds. The summed E-state index contributed by atoms with van der Waals surface area (Å²) in [4.78, 5) is 26.9. The third kappa shape index (κ3) is 16.0. The normalized spacial score (nSPS) is 14.0. The van der Waals surface area contributed by atoms with Crippen LogP contribution in [0, 0.1) is 15.3 Å². The number of ether oxygens (including phenoxy) is 4. The van der Waals surface area contributed by atoms with Gasteiger partial charge in [-0.2, -0.15) is 10.2 Å². The summed E-state index contributed by atoms with van der Waals surface area (Å²) in [6.45, 7) is 20.3. The fraction of sp³-hybridized carbons (Fsp3) is 0.462. The van der Waals surface area contributed by atoms with Crippen molar-refractivity contribution in [3.8, 4) is 22.8 Å². The van der Waals surface area contributed by atoms with Gasteiger partial charge in [0.15, 0.2) is 0 Å². The molecular weight excluding hydrogens is 1170 g/mol. The number of aryl methyl sites for hydroxylation is 2. The van der Waals surface area contributed by atoms with Crippen molar-refractivity contribution in [1.29, 1.82) is 0 Å². The molecule has 14 nitrogen and oxygen atoms in total. The van der Waals surface area contributed by atoms with E-state index in [1.54, 1.807) is 43.0 Å². The van der Waals surface area contributed by atoms with E-state index in [1.807, 2.05) is 112 Å². The average Bonchev–Trinajstić information content (AvgIpc) is 3.82. The van der Waals surface area contributed by atoms with Crippen molar-refractivity contribution >= 4 is 101 Å². The highest BCUT2D eigenvalue weighted by Gasteiger charge is 2.52. The molecule has 0 atom stereocenters. The molecule has 1 saturated heterocycles. The van der Waals surface area contributed by atoms with Crippen molar-refractivity contribution in [2.24, 2.45) is 14.1 Å². The van der Waals surface area contributed by atoms with Gasteiger partial charge in [0.1, 0.15) is 43.7 Å². The molecule has 390 valence electrons. The van der Waals surface area contributed by atoms with E-state index < -0.39 is 41.2 Å². The number of halogens is 5. The SMILES string of the molecule is CN(CCCOc1ccc(-c2nn(C)c3cc(Br)ccc23)c(F)c1)C(=O)OC(C)(C)C.CN(CCCOc1ccc(B2OC(C)(C)C(C)(C)O2)c(F)c1)C(=O)OC(C)(C)C.Cn1nc(I)c2ccc(Br)cc21. The van der Waals surface area contributed by atoms with Crippen LogP contribution in [-0.2, 0) is 32.9 Å². The van der Waals surface area contributed by atoms with Crippen LogP contribution in [0.1, 0.15) is 82.1 Å². The van der Waals surface area contributed by atoms with E-state index in [4.69, 9.17) is 28.3 Å². The molecule has 72 heavy (non-hydrogen) atoms. The summed E-state index contributed by atoms with van der Waals surface area (Å²) in [6, 6.07) is 21.4. The first-order valence-corrected chi connectivity index (χ1v) is 26.1. The Balaban J connectivity index is 0.000000218. The predicted molar refractivity (Wildman–Crippen MR) is 295 cm³/mol. The first kappa shape index (κ1) is 58.4. The van der Waals surface area contributed by atoms with E-state index in [9.17, 15) is 18.4 Å². The van der Waals surface area contributed by atoms with E-state index in [2.05, 4.69) is 76.8 Å². The molecule has 0 radical (unpaired) electrons. The second-order valence-electron chi connectivity index (χ2n) is 20.3. The summed E-state index contributed by atoms with van der Waals surface area (Å²) in [5.74, 6) is 0.0185. The molecule has 7 rings (SSSR count). The van der Waals surface area contributed by atoms with Crippen LogP contribution in [-0.4, -0.2) is 111 Å². The minimum absolute atomic E-state index is 0.348. The number of aromatic nitrogens is 4. The van der Waals surface area contributed by atoms with Crippen molar-refractivity contribution in [3.63, 3.8) is 0 Å². The Labute approximate surface area is 452 Å². The van der Waals surface area contributed by atoms with Crippen LogP contribution in [0.15, 0.2) is 81.7 Å².